The molecule has 4 nitrogen and oxygen atoms in total. The van der Waals surface area contributed by atoms with Gasteiger partial charge in [-0.2, -0.15) is 0 Å². The van der Waals surface area contributed by atoms with Crippen molar-refractivity contribution in [3.8, 4) is 0 Å². The van der Waals surface area contributed by atoms with E-state index in [0.717, 1.165) is 18.8 Å². The number of likely N-dealkylation sites (N-methyl/N-ethyl adjacent to an activating group) is 1. The maximum Gasteiger partial charge on any atom is 0.240 e. The average Bonchev–Trinajstić information content (AvgIpc) is 2.74. The molecule has 0 spiro atoms. The lowest BCUT2D eigenvalue weighted by Gasteiger charge is -2.41. The van der Waals surface area contributed by atoms with Gasteiger partial charge >= 0.3 is 0 Å². The lowest BCUT2D eigenvalue weighted by atomic mass is 9.95. The molecular formula is C11H16N2O2. The molecule has 1 N–H and O–H groups in total. The van der Waals surface area contributed by atoms with Crippen LogP contribution in [0.5, 0.6) is 0 Å². The van der Waals surface area contributed by atoms with Gasteiger partial charge in [0.05, 0.1) is 6.26 Å². The zero-order chi connectivity index (χ0) is 10.8. The Morgan fingerprint density at radius 1 is 1.47 bits per heavy atom. The number of hydrogen-bond acceptors (Lipinski definition) is 3. The van der Waals surface area contributed by atoms with Crippen LogP contribution < -0.4 is 5.32 Å². The van der Waals surface area contributed by atoms with Crippen LogP contribution in [0.3, 0.4) is 0 Å². The molecule has 2 heterocycles. The first-order chi connectivity index (χ1) is 7.27. The van der Waals surface area contributed by atoms with Gasteiger partial charge in [-0.15, -0.1) is 0 Å². The highest BCUT2D eigenvalue weighted by atomic mass is 16.3. The van der Waals surface area contributed by atoms with Crippen molar-refractivity contribution in [2.75, 3.05) is 13.1 Å². The molecular weight excluding hydrogens is 192 g/mol. The van der Waals surface area contributed by atoms with E-state index in [9.17, 15) is 4.79 Å². The fraction of sp³-hybridized carbons (Fsp3) is 0.545. The standard InChI is InChI=1S/C11H16N2O2/c1-3-13(4-2)10-9(12-11(10)14)8-6-5-7-15-8/h5-7,9-10H,3-4H2,1-2H3,(H,12,14). The fourth-order valence-electron chi connectivity index (χ4n) is 2.06. The lowest BCUT2D eigenvalue weighted by Crippen LogP contribution is -2.63. The van der Waals surface area contributed by atoms with Crippen molar-refractivity contribution in [1.82, 2.24) is 10.2 Å². The van der Waals surface area contributed by atoms with Gasteiger partial charge in [0.25, 0.3) is 0 Å². The quantitative estimate of drug-likeness (QED) is 0.755. The van der Waals surface area contributed by atoms with Crippen molar-refractivity contribution in [2.24, 2.45) is 0 Å². The molecule has 82 valence electrons. The predicted octanol–water partition coefficient (Wildman–Crippen LogP) is 1.16. The Kier molecular flexibility index (Phi) is 2.77. The Labute approximate surface area is 89.2 Å². The van der Waals surface area contributed by atoms with Crippen LogP contribution in [0.25, 0.3) is 0 Å². The minimum absolute atomic E-state index is 0.0207. The van der Waals surface area contributed by atoms with Gasteiger partial charge in [-0.05, 0) is 25.2 Å². The molecule has 0 saturated carbocycles. The first-order valence-corrected chi connectivity index (χ1v) is 5.35. The average molecular weight is 208 g/mol. The number of furan rings is 1. The number of hydrogen-bond donors (Lipinski definition) is 1. The smallest absolute Gasteiger partial charge is 0.240 e. The van der Waals surface area contributed by atoms with Crippen molar-refractivity contribution in [3.05, 3.63) is 24.2 Å². The Balaban J connectivity index is 2.12. The van der Waals surface area contributed by atoms with E-state index in [1.54, 1.807) is 6.26 Å². The second-order valence-electron chi connectivity index (χ2n) is 3.67. The summed E-state index contributed by atoms with van der Waals surface area (Å²) < 4.78 is 5.31. The molecule has 1 aromatic heterocycles. The minimum atomic E-state index is -0.0638. The number of carbonyl (C=O) groups excluding carboxylic acids is 1. The number of carbonyl (C=O) groups is 1. The van der Waals surface area contributed by atoms with E-state index in [-0.39, 0.29) is 18.0 Å². The topological polar surface area (TPSA) is 45.5 Å². The first-order valence-electron chi connectivity index (χ1n) is 5.35. The second-order valence-corrected chi connectivity index (χ2v) is 3.67. The van der Waals surface area contributed by atoms with Crippen LogP contribution in [-0.4, -0.2) is 29.9 Å². The van der Waals surface area contributed by atoms with E-state index in [2.05, 4.69) is 24.1 Å². The number of nitrogens with one attached hydrogen (secondary N) is 1. The van der Waals surface area contributed by atoms with E-state index >= 15 is 0 Å². The van der Waals surface area contributed by atoms with Gasteiger partial charge in [-0.3, -0.25) is 9.69 Å². The number of rotatable bonds is 4. The van der Waals surface area contributed by atoms with Gasteiger partial charge in [0.2, 0.25) is 5.91 Å². The summed E-state index contributed by atoms with van der Waals surface area (Å²) in [5.41, 5.74) is 0. The lowest BCUT2D eigenvalue weighted by molar-refractivity contribution is -0.138. The van der Waals surface area contributed by atoms with Crippen molar-refractivity contribution >= 4 is 5.91 Å². The van der Waals surface area contributed by atoms with Crippen LogP contribution >= 0.6 is 0 Å². The van der Waals surface area contributed by atoms with Gasteiger partial charge in [0.1, 0.15) is 17.8 Å². The van der Waals surface area contributed by atoms with Crippen LogP contribution in [-0.2, 0) is 4.79 Å². The van der Waals surface area contributed by atoms with Gasteiger partial charge in [0, 0.05) is 0 Å². The molecule has 2 unspecified atom stereocenters. The predicted molar refractivity (Wildman–Crippen MR) is 56.3 cm³/mol. The molecule has 1 saturated heterocycles. The SMILES string of the molecule is CCN(CC)C1C(=O)NC1c1ccco1. The van der Waals surface area contributed by atoms with Crippen LogP contribution in [0.1, 0.15) is 25.6 Å². The van der Waals surface area contributed by atoms with Gasteiger partial charge in [-0.25, -0.2) is 0 Å². The highest BCUT2D eigenvalue weighted by Crippen LogP contribution is 2.28. The van der Waals surface area contributed by atoms with Crippen molar-refractivity contribution in [1.29, 1.82) is 0 Å². The van der Waals surface area contributed by atoms with Crippen molar-refractivity contribution < 1.29 is 9.21 Å². The van der Waals surface area contributed by atoms with Gasteiger partial charge < -0.3 is 9.73 Å². The molecule has 0 radical (unpaired) electrons. The van der Waals surface area contributed by atoms with Gasteiger partial charge in [-0.1, -0.05) is 13.8 Å². The normalized spacial score (nSPS) is 25.1. The van der Waals surface area contributed by atoms with Crippen LogP contribution in [0, 0.1) is 0 Å². The largest absolute Gasteiger partial charge is 0.467 e. The van der Waals surface area contributed by atoms with Crippen LogP contribution in [0.15, 0.2) is 22.8 Å². The van der Waals surface area contributed by atoms with E-state index in [1.807, 2.05) is 12.1 Å². The fourth-order valence-corrected chi connectivity index (χ4v) is 2.06. The first kappa shape index (κ1) is 10.2. The molecule has 0 aliphatic carbocycles. The Morgan fingerprint density at radius 3 is 2.67 bits per heavy atom. The van der Waals surface area contributed by atoms with E-state index < -0.39 is 0 Å². The third-order valence-electron chi connectivity index (χ3n) is 2.94. The molecule has 2 atom stereocenters. The summed E-state index contributed by atoms with van der Waals surface area (Å²) in [7, 11) is 0. The second kappa shape index (κ2) is 4.06. The van der Waals surface area contributed by atoms with Gasteiger partial charge in [0.15, 0.2) is 0 Å². The van der Waals surface area contributed by atoms with E-state index in [1.165, 1.54) is 0 Å². The summed E-state index contributed by atoms with van der Waals surface area (Å²) in [5.74, 6) is 0.937. The highest BCUT2D eigenvalue weighted by Gasteiger charge is 2.44. The monoisotopic (exact) mass is 208 g/mol. The zero-order valence-corrected chi connectivity index (χ0v) is 9.06. The Bertz CT molecular complexity index is 330. The molecule has 2 rings (SSSR count). The molecule has 0 aromatic carbocycles. The van der Waals surface area contributed by atoms with Crippen LogP contribution in [0.2, 0.25) is 0 Å². The molecule has 1 amide bonds. The Morgan fingerprint density at radius 2 is 2.20 bits per heavy atom. The summed E-state index contributed by atoms with van der Waals surface area (Å²) in [5, 5.41) is 2.87. The van der Waals surface area contributed by atoms with E-state index in [4.69, 9.17) is 4.42 Å². The third kappa shape index (κ3) is 1.65. The number of amides is 1. The van der Waals surface area contributed by atoms with Crippen LogP contribution in [0.4, 0.5) is 0 Å². The summed E-state index contributed by atoms with van der Waals surface area (Å²) in [6.07, 6.45) is 1.64. The molecule has 1 aromatic rings. The summed E-state index contributed by atoms with van der Waals surface area (Å²) >= 11 is 0. The highest BCUT2D eigenvalue weighted by molar-refractivity contribution is 5.89. The molecule has 4 heteroatoms. The summed E-state index contributed by atoms with van der Waals surface area (Å²) in [4.78, 5) is 13.6. The molecule has 1 fully saturated rings. The number of nitrogens with zero attached hydrogens (tertiary/aromatic N) is 1. The number of β-lactam (4-membered cyclic amide) rings is 1. The molecule has 0 bridgehead atoms. The molecule has 15 heavy (non-hydrogen) atoms. The Hall–Kier alpha value is -1.29. The summed E-state index contributed by atoms with van der Waals surface area (Å²) in [6.45, 7) is 5.89. The van der Waals surface area contributed by atoms with Crippen molar-refractivity contribution in [3.63, 3.8) is 0 Å². The third-order valence-corrected chi connectivity index (χ3v) is 2.94. The molecule has 1 aliphatic rings. The maximum atomic E-state index is 11.5. The van der Waals surface area contributed by atoms with E-state index in [0.29, 0.717) is 0 Å². The molecule has 1 aliphatic heterocycles. The summed E-state index contributed by atoms with van der Waals surface area (Å²) in [6, 6.07) is 3.71. The maximum absolute atomic E-state index is 11.5. The zero-order valence-electron chi connectivity index (χ0n) is 9.06. The minimum Gasteiger partial charge on any atom is -0.467 e. The van der Waals surface area contributed by atoms with Crippen molar-refractivity contribution in [2.45, 2.75) is 25.9 Å².